The fourth-order valence-electron chi connectivity index (χ4n) is 3.88. The van der Waals surface area contributed by atoms with E-state index in [0.717, 1.165) is 18.4 Å². The Kier molecular flexibility index (Phi) is 7.68. The van der Waals surface area contributed by atoms with Crippen molar-refractivity contribution < 1.29 is 19.4 Å². The van der Waals surface area contributed by atoms with Crippen LogP contribution in [0.4, 0.5) is 0 Å². The fourth-order valence-corrected chi connectivity index (χ4v) is 3.88. The standard InChI is InChI=1S/C26H36O4/c1-16(2)9-8-10-18(5)13-14-26(7)24(29)20(12-11-17(3)4)23(28)22-21(27)15-19(6)30-25(22)26/h9,11,13,19,28H,8,10,12,14-15H2,1-7H3/b18-13+/t19-,26+/m1/s1. The Balaban J connectivity index is 2.46. The Morgan fingerprint density at radius 1 is 1.10 bits per heavy atom. The van der Waals surface area contributed by atoms with Crippen molar-refractivity contribution >= 4 is 11.6 Å². The summed E-state index contributed by atoms with van der Waals surface area (Å²) < 4.78 is 6.03. The number of carbonyl (C=O) groups excluding carboxylic acids is 2. The highest BCUT2D eigenvalue weighted by Gasteiger charge is 2.50. The molecular weight excluding hydrogens is 376 g/mol. The summed E-state index contributed by atoms with van der Waals surface area (Å²) in [6, 6.07) is 0. The van der Waals surface area contributed by atoms with Crippen LogP contribution in [0.5, 0.6) is 0 Å². The molecule has 0 aromatic carbocycles. The third-order valence-corrected chi connectivity index (χ3v) is 5.76. The molecule has 30 heavy (non-hydrogen) atoms. The number of ketones is 2. The lowest BCUT2D eigenvalue weighted by Gasteiger charge is -2.39. The van der Waals surface area contributed by atoms with Gasteiger partial charge < -0.3 is 9.84 Å². The van der Waals surface area contributed by atoms with E-state index in [1.165, 1.54) is 11.1 Å². The molecule has 0 fully saturated rings. The average molecular weight is 413 g/mol. The van der Waals surface area contributed by atoms with Gasteiger partial charge in [-0.2, -0.15) is 0 Å². The number of rotatable bonds is 7. The van der Waals surface area contributed by atoms with Crippen molar-refractivity contribution in [2.45, 2.75) is 86.7 Å². The Bertz CT molecular complexity index is 871. The highest BCUT2D eigenvalue weighted by atomic mass is 16.5. The molecule has 4 nitrogen and oxygen atoms in total. The van der Waals surface area contributed by atoms with E-state index in [0.29, 0.717) is 24.2 Å². The van der Waals surface area contributed by atoms with Crippen LogP contribution >= 0.6 is 0 Å². The van der Waals surface area contributed by atoms with Crippen LogP contribution in [0.1, 0.15) is 80.6 Å². The molecular formula is C26H36O4. The molecule has 2 aliphatic rings. The first-order valence-electron chi connectivity index (χ1n) is 10.8. The predicted octanol–water partition coefficient (Wildman–Crippen LogP) is 6.46. The summed E-state index contributed by atoms with van der Waals surface area (Å²) in [7, 11) is 0. The molecule has 0 saturated carbocycles. The number of carbonyl (C=O) groups is 2. The molecule has 1 aliphatic heterocycles. The fraction of sp³-hybridized carbons (Fsp3) is 0.538. The molecule has 0 aromatic heterocycles. The van der Waals surface area contributed by atoms with Gasteiger partial charge in [0.05, 0.1) is 11.0 Å². The molecule has 0 unspecified atom stereocenters. The molecule has 4 heteroatoms. The van der Waals surface area contributed by atoms with Crippen LogP contribution in [-0.2, 0) is 14.3 Å². The van der Waals surface area contributed by atoms with Crippen molar-refractivity contribution in [2.75, 3.05) is 0 Å². The zero-order valence-electron chi connectivity index (χ0n) is 19.5. The average Bonchev–Trinajstić information content (AvgIpc) is 2.63. The second-order valence-corrected chi connectivity index (χ2v) is 9.31. The van der Waals surface area contributed by atoms with Gasteiger partial charge in [0, 0.05) is 12.0 Å². The highest BCUT2D eigenvalue weighted by molar-refractivity contribution is 6.11. The smallest absolute Gasteiger partial charge is 0.176 e. The molecule has 2 atom stereocenters. The number of hydrogen-bond donors (Lipinski definition) is 1. The first kappa shape index (κ1) is 23.9. The van der Waals surface area contributed by atoms with E-state index in [1.807, 2.05) is 33.8 Å². The molecule has 1 N–H and O–H groups in total. The first-order chi connectivity index (χ1) is 14.0. The van der Waals surface area contributed by atoms with Gasteiger partial charge in [-0.05, 0) is 74.1 Å². The lowest BCUT2D eigenvalue weighted by atomic mass is 9.69. The van der Waals surface area contributed by atoms with Crippen molar-refractivity contribution in [3.63, 3.8) is 0 Å². The quantitative estimate of drug-likeness (QED) is 0.487. The number of aliphatic hydroxyl groups excluding tert-OH is 1. The third-order valence-electron chi connectivity index (χ3n) is 5.76. The number of hydrogen-bond acceptors (Lipinski definition) is 4. The Morgan fingerprint density at radius 2 is 1.73 bits per heavy atom. The molecule has 0 spiro atoms. The molecule has 2 rings (SSSR count). The maximum Gasteiger partial charge on any atom is 0.176 e. The van der Waals surface area contributed by atoms with E-state index in [4.69, 9.17) is 4.74 Å². The van der Waals surface area contributed by atoms with Crippen LogP contribution in [0.2, 0.25) is 0 Å². The van der Waals surface area contributed by atoms with Gasteiger partial charge >= 0.3 is 0 Å². The zero-order valence-corrected chi connectivity index (χ0v) is 19.5. The minimum absolute atomic E-state index is 0.154. The van der Waals surface area contributed by atoms with Crippen LogP contribution in [0.3, 0.4) is 0 Å². The molecule has 0 bridgehead atoms. The van der Waals surface area contributed by atoms with Gasteiger partial charge in [0.15, 0.2) is 11.6 Å². The Morgan fingerprint density at radius 3 is 2.33 bits per heavy atom. The van der Waals surface area contributed by atoms with Crippen molar-refractivity contribution in [3.8, 4) is 0 Å². The monoisotopic (exact) mass is 412 g/mol. The Hall–Kier alpha value is -2.36. The van der Waals surface area contributed by atoms with Crippen LogP contribution in [0.25, 0.3) is 0 Å². The van der Waals surface area contributed by atoms with E-state index in [-0.39, 0.29) is 35.4 Å². The molecule has 0 radical (unpaired) electrons. The van der Waals surface area contributed by atoms with Gasteiger partial charge in [-0.1, -0.05) is 34.9 Å². The summed E-state index contributed by atoms with van der Waals surface area (Å²) in [6.07, 6.45) is 8.73. The van der Waals surface area contributed by atoms with Gasteiger partial charge in [-0.3, -0.25) is 9.59 Å². The number of aliphatic hydroxyl groups is 1. The lowest BCUT2D eigenvalue weighted by Crippen LogP contribution is -2.42. The summed E-state index contributed by atoms with van der Waals surface area (Å²) in [5, 5.41) is 10.8. The SMILES string of the molecule is CC(C)=CCC/C(C)=C/C[C@@]1(C)C(=O)C(CC=C(C)C)=C(O)C2=C1O[C@H](C)CC2=O. The summed E-state index contributed by atoms with van der Waals surface area (Å²) in [5.74, 6) is -0.181. The highest BCUT2D eigenvalue weighted by Crippen LogP contribution is 2.47. The summed E-state index contributed by atoms with van der Waals surface area (Å²) in [4.78, 5) is 26.3. The molecule has 0 aromatic rings. The van der Waals surface area contributed by atoms with Gasteiger partial charge in [0.1, 0.15) is 17.6 Å². The lowest BCUT2D eigenvalue weighted by molar-refractivity contribution is -0.128. The first-order valence-corrected chi connectivity index (χ1v) is 10.8. The zero-order chi connectivity index (χ0) is 22.6. The maximum atomic E-state index is 13.5. The molecule has 1 heterocycles. The van der Waals surface area contributed by atoms with Crippen LogP contribution < -0.4 is 0 Å². The van der Waals surface area contributed by atoms with Gasteiger partial charge in [-0.15, -0.1) is 0 Å². The largest absolute Gasteiger partial charge is 0.507 e. The maximum absolute atomic E-state index is 13.5. The number of Topliss-reactive ketones (excluding diaryl/α,β-unsaturated/α-hetero) is 2. The van der Waals surface area contributed by atoms with E-state index < -0.39 is 5.41 Å². The molecule has 0 amide bonds. The van der Waals surface area contributed by atoms with Crippen molar-refractivity contribution in [3.05, 3.63) is 57.6 Å². The summed E-state index contributed by atoms with van der Waals surface area (Å²) in [5.41, 5.74) is 3.05. The van der Waals surface area contributed by atoms with Crippen molar-refractivity contribution in [1.82, 2.24) is 0 Å². The normalized spacial score (nSPS) is 24.5. The van der Waals surface area contributed by atoms with Gasteiger partial charge in [0.25, 0.3) is 0 Å². The van der Waals surface area contributed by atoms with Crippen LogP contribution in [0, 0.1) is 5.41 Å². The third kappa shape index (κ3) is 5.21. The van der Waals surface area contributed by atoms with Crippen LogP contribution in [0.15, 0.2) is 57.6 Å². The topological polar surface area (TPSA) is 63.6 Å². The number of allylic oxidation sites excluding steroid dienone is 9. The minimum atomic E-state index is -0.992. The number of ether oxygens (including phenoxy) is 1. The Labute approximate surface area is 181 Å². The van der Waals surface area contributed by atoms with Gasteiger partial charge in [0.2, 0.25) is 0 Å². The summed E-state index contributed by atoms with van der Waals surface area (Å²) in [6.45, 7) is 13.8. The summed E-state index contributed by atoms with van der Waals surface area (Å²) >= 11 is 0. The molecule has 1 aliphatic carbocycles. The van der Waals surface area contributed by atoms with E-state index in [9.17, 15) is 14.7 Å². The molecule has 0 saturated heterocycles. The van der Waals surface area contributed by atoms with Gasteiger partial charge in [-0.25, -0.2) is 0 Å². The van der Waals surface area contributed by atoms with E-state index in [1.54, 1.807) is 0 Å². The van der Waals surface area contributed by atoms with E-state index in [2.05, 4.69) is 32.9 Å². The minimum Gasteiger partial charge on any atom is -0.507 e. The van der Waals surface area contributed by atoms with Crippen LogP contribution in [-0.4, -0.2) is 22.8 Å². The predicted molar refractivity (Wildman–Crippen MR) is 121 cm³/mol. The molecule has 164 valence electrons. The second kappa shape index (κ2) is 9.63. The van der Waals surface area contributed by atoms with E-state index >= 15 is 0 Å². The van der Waals surface area contributed by atoms with Crippen molar-refractivity contribution in [1.29, 1.82) is 0 Å². The second-order valence-electron chi connectivity index (χ2n) is 9.31. The van der Waals surface area contributed by atoms with Crippen molar-refractivity contribution in [2.24, 2.45) is 5.41 Å².